The summed E-state index contributed by atoms with van der Waals surface area (Å²) < 4.78 is 25.0. The van der Waals surface area contributed by atoms with Crippen LogP contribution in [-0.4, -0.2) is 36.7 Å². The number of aldehydes is 1. The van der Waals surface area contributed by atoms with Crippen LogP contribution in [0.3, 0.4) is 0 Å². The number of anilines is 1. The number of carboxylic acids is 1. The third-order valence-electron chi connectivity index (χ3n) is 4.59. The first-order valence-corrected chi connectivity index (χ1v) is 8.93. The highest BCUT2D eigenvalue weighted by Gasteiger charge is 2.61. The van der Waals surface area contributed by atoms with Gasteiger partial charge in [0.05, 0.1) is 13.0 Å². The van der Waals surface area contributed by atoms with Crippen molar-refractivity contribution in [3.63, 3.8) is 0 Å². The minimum absolute atomic E-state index is 0.0683. The van der Waals surface area contributed by atoms with Crippen molar-refractivity contribution in [2.45, 2.75) is 18.1 Å². The molecule has 148 valence electrons. The lowest BCUT2D eigenvalue weighted by molar-refractivity contribution is -0.139. The van der Waals surface area contributed by atoms with Gasteiger partial charge in [0.1, 0.15) is 30.4 Å². The van der Waals surface area contributed by atoms with E-state index in [1.54, 1.807) is 42.5 Å². The number of alkyl halides is 1. The van der Waals surface area contributed by atoms with E-state index in [0.29, 0.717) is 22.2 Å². The Bertz CT molecular complexity index is 875. The van der Waals surface area contributed by atoms with Gasteiger partial charge in [-0.2, -0.15) is 0 Å². The van der Waals surface area contributed by atoms with Crippen molar-refractivity contribution in [3.8, 4) is 11.5 Å². The fraction of sp³-hybridized carbons (Fsp3) is 0.300. The third-order valence-corrected chi connectivity index (χ3v) is 4.84. The standard InChI is InChI=1S/C20H19ClFNO5/c1-27-15-6-14(23-18(10-24)12-2-4-13(21)5-3-12)7-16(8-15)28-11-20(22)9-17(20)19(25)26/h2-8,10,17-18,23H,9,11H2,1H3,(H,25,26)/t17-,18?,20+/m0/s1. The molecule has 0 saturated heterocycles. The molecule has 2 aromatic carbocycles. The Labute approximate surface area is 166 Å². The first kappa shape index (κ1) is 19.9. The topological polar surface area (TPSA) is 84.9 Å². The molecule has 3 atom stereocenters. The second-order valence-corrected chi connectivity index (χ2v) is 7.06. The Morgan fingerprint density at radius 2 is 2.04 bits per heavy atom. The molecule has 8 heteroatoms. The van der Waals surface area contributed by atoms with Crippen LogP contribution < -0.4 is 14.8 Å². The van der Waals surface area contributed by atoms with Gasteiger partial charge in [0.2, 0.25) is 0 Å². The first-order valence-electron chi connectivity index (χ1n) is 8.55. The summed E-state index contributed by atoms with van der Waals surface area (Å²) in [6.07, 6.45) is 0.683. The molecule has 0 amide bonds. The summed E-state index contributed by atoms with van der Waals surface area (Å²) in [6, 6.07) is 11.0. The quantitative estimate of drug-likeness (QED) is 0.613. The maximum atomic E-state index is 14.3. The number of rotatable bonds is 9. The lowest BCUT2D eigenvalue weighted by atomic mass is 10.1. The molecule has 0 bridgehead atoms. The summed E-state index contributed by atoms with van der Waals surface area (Å²) in [5.41, 5.74) is -0.619. The monoisotopic (exact) mass is 407 g/mol. The number of benzene rings is 2. The van der Waals surface area contributed by atoms with Crippen LogP contribution in [0, 0.1) is 5.92 Å². The number of nitrogens with one attached hydrogen (secondary N) is 1. The highest BCUT2D eigenvalue weighted by atomic mass is 35.5. The second kappa shape index (κ2) is 8.06. The molecule has 1 unspecified atom stereocenters. The Morgan fingerprint density at radius 1 is 1.36 bits per heavy atom. The SMILES string of the molecule is COc1cc(NC(C=O)c2ccc(Cl)cc2)cc(OC[C@]2(F)C[C@H]2C(=O)O)c1. The highest BCUT2D eigenvalue weighted by Crippen LogP contribution is 2.47. The van der Waals surface area contributed by atoms with Gasteiger partial charge >= 0.3 is 5.97 Å². The summed E-state index contributed by atoms with van der Waals surface area (Å²) in [5, 5.41) is 12.5. The molecule has 0 radical (unpaired) electrons. The number of carbonyl (C=O) groups is 2. The summed E-state index contributed by atoms with van der Waals surface area (Å²) in [4.78, 5) is 22.4. The molecule has 6 nitrogen and oxygen atoms in total. The fourth-order valence-corrected chi connectivity index (χ4v) is 2.98. The number of methoxy groups -OCH3 is 1. The van der Waals surface area contributed by atoms with E-state index in [2.05, 4.69) is 5.32 Å². The second-order valence-electron chi connectivity index (χ2n) is 6.63. The average molecular weight is 408 g/mol. The molecule has 0 aliphatic heterocycles. The maximum Gasteiger partial charge on any atom is 0.310 e. The fourth-order valence-electron chi connectivity index (χ4n) is 2.85. The molecule has 2 aromatic rings. The Balaban J connectivity index is 1.74. The lowest BCUT2D eigenvalue weighted by Gasteiger charge is -2.17. The zero-order valence-corrected chi connectivity index (χ0v) is 15.8. The largest absolute Gasteiger partial charge is 0.497 e. The van der Waals surface area contributed by atoms with E-state index < -0.39 is 23.6 Å². The number of hydrogen-bond acceptors (Lipinski definition) is 5. The summed E-state index contributed by atoms with van der Waals surface area (Å²) in [7, 11) is 1.47. The predicted molar refractivity (Wildman–Crippen MR) is 102 cm³/mol. The molecule has 3 rings (SSSR count). The molecule has 2 N–H and O–H groups in total. The van der Waals surface area contributed by atoms with Crippen molar-refractivity contribution >= 4 is 29.5 Å². The smallest absolute Gasteiger partial charge is 0.310 e. The van der Waals surface area contributed by atoms with E-state index in [4.69, 9.17) is 26.2 Å². The maximum absolute atomic E-state index is 14.3. The van der Waals surface area contributed by atoms with Crippen molar-refractivity contribution < 1.29 is 28.6 Å². The Hall–Kier alpha value is -2.80. The van der Waals surface area contributed by atoms with Crippen LogP contribution >= 0.6 is 11.6 Å². The van der Waals surface area contributed by atoms with Gasteiger partial charge in [0.15, 0.2) is 5.67 Å². The van der Waals surface area contributed by atoms with Crippen molar-refractivity contribution in [2.75, 3.05) is 19.0 Å². The predicted octanol–water partition coefficient (Wildman–Crippen LogP) is 3.89. The number of ether oxygens (including phenoxy) is 2. The van der Waals surface area contributed by atoms with Crippen LogP contribution in [0.4, 0.5) is 10.1 Å². The van der Waals surface area contributed by atoms with E-state index in [0.717, 1.165) is 11.8 Å². The number of carboxylic acid groups (broad SMARTS) is 1. The molecular formula is C20H19ClFNO5. The summed E-state index contributed by atoms with van der Waals surface area (Å²) in [6.45, 7) is -0.370. The first-order chi connectivity index (χ1) is 13.3. The lowest BCUT2D eigenvalue weighted by Crippen LogP contribution is -2.20. The molecule has 28 heavy (non-hydrogen) atoms. The molecule has 0 spiro atoms. The highest BCUT2D eigenvalue weighted by molar-refractivity contribution is 6.30. The van der Waals surface area contributed by atoms with Gasteiger partial charge in [-0.05, 0) is 17.7 Å². The zero-order valence-electron chi connectivity index (χ0n) is 15.0. The van der Waals surface area contributed by atoms with E-state index in [1.807, 2.05) is 0 Å². The van der Waals surface area contributed by atoms with Gasteiger partial charge in [-0.1, -0.05) is 23.7 Å². The molecule has 1 aliphatic rings. The zero-order chi connectivity index (χ0) is 20.3. The molecule has 0 heterocycles. The number of hydrogen-bond donors (Lipinski definition) is 2. The van der Waals surface area contributed by atoms with Crippen LogP contribution in [0.2, 0.25) is 5.02 Å². The average Bonchev–Trinajstić information content (AvgIpc) is 3.37. The van der Waals surface area contributed by atoms with Gasteiger partial charge in [-0.15, -0.1) is 0 Å². The van der Waals surface area contributed by atoms with Crippen molar-refractivity contribution in [2.24, 2.45) is 5.92 Å². The Morgan fingerprint density at radius 3 is 2.61 bits per heavy atom. The van der Waals surface area contributed by atoms with Gasteiger partial charge in [-0.25, -0.2) is 4.39 Å². The summed E-state index contributed by atoms with van der Waals surface area (Å²) >= 11 is 5.88. The summed E-state index contributed by atoms with van der Waals surface area (Å²) in [5.74, 6) is -1.47. The minimum atomic E-state index is -1.86. The van der Waals surface area contributed by atoms with E-state index in [1.165, 1.54) is 7.11 Å². The van der Waals surface area contributed by atoms with E-state index in [-0.39, 0.29) is 13.0 Å². The number of halogens is 2. The number of carbonyl (C=O) groups excluding carboxylic acids is 1. The number of aliphatic carboxylic acids is 1. The van der Waals surface area contributed by atoms with Gasteiger partial charge in [0, 0.05) is 35.3 Å². The van der Waals surface area contributed by atoms with Crippen LogP contribution in [0.1, 0.15) is 18.0 Å². The normalized spacial score (nSPS) is 21.5. The van der Waals surface area contributed by atoms with Crippen LogP contribution in [0.25, 0.3) is 0 Å². The molecule has 0 aromatic heterocycles. The van der Waals surface area contributed by atoms with Gasteiger partial charge in [0.25, 0.3) is 0 Å². The van der Waals surface area contributed by atoms with E-state index in [9.17, 15) is 14.0 Å². The van der Waals surface area contributed by atoms with Crippen LogP contribution in [0.15, 0.2) is 42.5 Å². The minimum Gasteiger partial charge on any atom is -0.497 e. The van der Waals surface area contributed by atoms with Gasteiger partial charge in [-0.3, -0.25) is 4.79 Å². The van der Waals surface area contributed by atoms with Crippen molar-refractivity contribution in [3.05, 3.63) is 53.1 Å². The van der Waals surface area contributed by atoms with Crippen molar-refractivity contribution in [1.82, 2.24) is 0 Å². The van der Waals surface area contributed by atoms with Crippen LogP contribution in [-0.2, 0) is 9.59 Å². The van der Waals surface area contributed by atoms with E-state index >= 15 is 0 Å². The molecular weight excluding hydrogens is 389 g/mol. The van der Waals surface area contributed by atoms with Gasteiger partial charge < -0.3 is 24.7 Å². The Kier molecular flexibility index (Phi) is 5.74. The van der Waals surface area contributed by atoms with Crippen LogP contribution in [0.5, 0.6) is 11.5 Å². The third kappa shape index (κ3) is 4.54. The van der Waals surface area contributed by atoms with Crippen molar-refractivity contribution in [1.29, 1.82) is 0 Å². The molecule has 1 saturated carbocycles. The molecule has 1 fully saturated rings. The molecule has 1 aliphatic carbocycles.